The summed E-state index contributed by atoms with van der Waals surface area (Å²) >= 11 is 5.50. The van der Waals surface area contributed by atoms with Crippen molar-refractivity contribution in [3.05, 3.63) is 5.89 Å². The van der Waals surface area contributed by atoms with Gasteiger partial charge in [0, 0.05) is 12.3 Å². The molecule has 2 N–H and O–H groups in total. The molecule has 2 rings (SSSR count). The fraction of sp³-hybridized carbons (Fsp3) is 0.333. The van der Waals surface area contributed by atoms with Crippen molar-refractivity contribution in [3.63, 3.8) is 0 Å². The van der Waals surface area contributed by atoms with E-state index < -0.39 is 0 Å². The van der Waals surface area contributed by atoms with E-state index >= 15 is 0 Å². The van der Waals surface area contributed by atoms with E-state index in [1.807, 2.05) is 0 Å². The van der Waals surface area contributed by atoms with Crippen molar-refractivity contribution >= 4 is 17.4 Å². The second kappa shape index (κ2) is 3.62. The summed E-state index contributed by atoms with van der Waals surface area (Å²) in [5.41, 5.74) is 5.71. The minimum atomic E-state index is 0.128. The molecule has 0 aliphatic rings. The second-order valence-electron chi connectivity index (χ2n) is 2.45. The van der Waals surface area contributed by atoms with E-state index in [0.717, 1.165) is 0 Å². The smallest absolute Gasteiger partial charge is 0.228 e. The number of hydrogen-bond acceptors (Lipinski definition) is 7. The van der Waals surface area contributed by atoms with E-state index in [1.54, 1.807) is 0 Å². The Kier molecular flexibility index (Phi) is 2.32. The monoisotopic (exact) mass is 215 g/mol. The molecule has 74 valence electrons. The van der Waals surface area contributed by atoms with Gasteiger partial charge in [-0.05, 0) is 10.3 Å². The van der Waals surface area contributed by atoms with Crippen molar-refractivity contribution in [2.75, 3.05) is 11.6 Å². The first-order chi connectivity index (χ1) is 6.81. The molecule has 2 heterocycles. The molecule has 8 heteroatoms. The Bertz CT molecular complexity index is 425. The van der Waals surface area contributed by atoms with Gasteiger partial charge in [-0.3, -0.25) is 0 Å². The number of nitrogens with two attached hydrogens (primary N) is 1. The van der Waals surface area contributed by atoms with Crippen LogP contribution < -0.4 is 5.73 Å². The lowest BCUT2D eigenvalue weighted by atomic mass is 10.4. The molecule has 0 atom stereocenters. The zero-order valence-corrected chi connectivity index (χ0v) is 7.73. The van der Waals surface area contributed by atoms with Crippen LogP contribution in [-0.4, -0.2) is 26.3 Å². The van der Waals surface area contributed by atoms with Crippen LogP contribution in [0.25, 0.3) is 11.5 Å². The number of rotatable bonds is 3. The van der Waals surface area contributed by atoms with Crippen LogP contribution in [0.4, 0.5) is 5.82 Å². The van der Waals surface area contributed by atoms with E-state index in [9.17, 15) is 0 Å². The maximum absolute atomic E-state index is 5.50. The standard InChI is InChI=1S/C6H6ClN5O2/c7-2-1-3-9-6(12-13-3)4-5(8)11-14-10-4/h1-2H2,(H2,8,11). The van der Waals surface area contributed by atoms with Gasteiger partial charge < -0.3 is 10.3 Å². The fourth-order valence-corrected chi connectivity index (χ4v) is 1.05. The Hall–Kier alpha value is -1.63. The molecular formula is C6H6ClN5O2. The maximum Gasteiger partial charge on any atom is 0.228 e. The molecule has 0 fully saturated rings. The summed E-state index contributed by atoms with van der Waals surface area (Å²) in [5, 5.41) is 10.6. The number of nitrogens with zero attached hydrogens (tertiary/aromatic N) is 4. The van der Waals surface area contributed by atoms with Crippen molar-refractivity contribution in [1.82, 2.24) is 20.5 Å². The predicted molar refractivity (Wildman–Crippen MR) is 46.4 cm³/mol. The molecule has 14 heavy (non-hydrogen) atoms. The number of aryl methyl sites for hydroxylation is 1. The first-order valence-corrected chi connectivity index (χ1v) is 4.31. The van der Waals surface area contributed by atoms with E-state index in [-0.39, 0.29) is 17.3 Å². The molecule has 0 aliphatic heterocycles. The molecule has 0 saturated carbocycles. The summed E-state index contributed by atoms with van der Waals surface area (Å²) in [7, 11) is 0. The van der Waals surface area contributed by atoms with Gasteiger partial charge >= 0.3 is 0 Å². The van der Waals surface area contributed by atoms with Gasteiger partial charge in [0.25, 0.3) is 0 Å². The summed E-state index contributed by atoms with van der Waals surface area (Å²) in [6, 6.07) is 0. The Morgan fingerprint density at radius 2 is 2.14 bits per heavy atom. The Labute approximate surface area is 83.2 Å². The minimum Gasteiger partial charge on any atom is -0.379 e. The number of alkyl halides is 1. The van der Waals surface area contributed by atoms with Gasteiger partial charge in [0.05, 0.1) is 0 Å². The van der Waals surface area contributed by atoms with Gasteiger partial charge in [0.1, 0.15) is 0 Å². The number of halogens is 1. The van der Waals surface area contributed by atoms with Crippen LogP contribution in [0.3, 0.4) is 0 Å². The van der Waals surface area contributed by atoms with E-state index in [0.29, 0.717) is 18.2 Å². The summed E-state index contributed by atoms with van der Waals surface area (Å²) in [6.45, 7) is 0. The molecule has 0 bridgehead atoms. The highest BCUT2D eigenvalue weighted by molar-refractivity contribution is 6.17. The lowest BCUT2D eigenvalue weighted by Gasteiger charge is -1.83. The molecule has 0 aromatic carbocycles. The van der Waals surface area contributed by atoms with E-state index in [1.165, 1.54) is 0 Å². The van der Waals surface area contributed by atoms with Crippen molar-refractivity contribution in [3.8, 4) is 11.5 Å². The van der Waals surface area contributed by atoms with Gasteiger partial charge in [-0.2, -0.15) is 4.98 Å². The van der Waals surface area contributed by atoms with E-state index in [2.05, 4.69) is 25.1 Å². The minimum absolute atomic E-state index is 0.128. The molecule has 0 aliphatic carbocycles. The van der Waals surface area contributed by atoms with Crippen molar-refractivity contribution < 1.29 is 9.15 Å². The highest BCUT2D eigenvalue weighted by Gasteiger charge is 2.15. The van der Waals surface area contributed by atoms with Crippen LogP contribution in [0, 0.1) is 0 Å². The normalized spacial score (nSPS) is 10.6. The highest BCUT2D eigenvalue weighted by atomic mass is 35.5. The summed E-state index contributed by atoms with van der Waals surface area (Å²) in [5.74, 6) is 1.22. The van der Waals surface area contributed by atoms with Gasteiger partial charge in [-0.15, -0.1) is 11.6 Å². The lowest BCUT2D eigenvalue weighted by molar-refractivity contribution is 0.310. The highest BCUT2D eigenvalue weighted by Crippen LogP contribution is 2.18. The Morgan fingerprint density at radius 1 is 1.29 bits per heavy atom. The fourth-order valence-electron chi connectivity index (χ4n) is 0.884. The summed E-state index contributed by atoms with van der Waals surface area (Å²) < 4.78 is 9.27. The molecule has 2 aromatic rings. The first-order valence-electron chi connectivity index (χ1n) is 3.78. The Morgan fingerprint density at radius 3 is 2.79 bits per heavy atom. The van der Waals surface area contributed by atoms with E-state index in [4.69, 9.17) is 21.9 Å². The molecule has 0 saturated heterocycles. The number of hydrogen-bond donors (Lipinski definition) is 1. The zero-order valence-electron chi connectivity index (χ0n) is 6.97. The average molecular weight is 216 g/mol. The number of anilines is 1. The van der Waals surface area contributed by atoms with Crippen LogP contribution in [-0.2, 0) is 6.42 Å². The second-order valence-corrected chi connectivity index (χ2v) is 2.83. The van der Waals surface area contributed by atoms with Gasteiger partial charge in [-0.1, -0.05) is 5.16 Å². The zero-order chi connectivity index (χ0) is 9.97. The number of aromatic nitrogens is 4. The van der Waals surface area contributed by atoms with Crippen LogP contribution in [0.15, 0.2) is 9.15 Å². The van der Waals surface area contributed by atoms with Gasteiger partial charge in [-0.25, -0.2) is 4.63 Å². The maximum atomic E-state index is 5.50. The van der Waals surface area contributed by atoms with Crippen LogP contribution in [0.1, 0.15) is 5.89 Å². The van der Waals surface area contributed by atoms with Crippen LogP contribution in [0.2, 0.25) is 0 Å². The largest absolute Gasteiger partial charge is 0.379 e. The lowest BCUT2D eigenvalue weighted by Crippen LogP contribution is -1.90. The Balaban J connectivity index is 2.29. The first kappa shape index (κ1) is 8.95. The SMILES string of the molecule is Nc1nonc1-c1noc(CCCl)n1. The molecule has 2 aromatic heterocycles. The topological polar surface area (TPSA) is 104 Å². The quantitative estimate of drug-likeness (QED) is 0.743. The average Bonchev–Trinajstić information content (AvgIpc) is 2.74. The molecule has 0 radical (unpaired) electrons. The van der Waals surface area contributed by atoms with Crippen molar-refractivity contribution in [1.29, 1.82) is 0 Å². The molecule has 0 unspecified atom stereocenters. The summed E-state index contributed by atoms with van der Waals surface area (Å²) in [4.78, 5) is 4.00. The summed E-state index contributed by atoms with van der Waals surface area (Å²) in [6.07, 6.45) is 0.500. The third-order valence-electron chi connectivity index (χ3n) is 1.50. The van der Waals surface area contributed by atoms with Crippen LogP contribution in [0.5, 0.6) is 0 Å². The van der Waals surface area contributed by atoms with Crippen molar-refractivity contribution in [2.24, 2.45) is 0 Å². The predicted octanol–water partition coefficient (Wildman–Crippen LogP) is 0.483. The number of nitrogen functional groups attached to an aromatic ring is 1. The molecule has 0 amide bonds. The van der Waals surface area contributed by atoms with Gasteiger partial charge in [0.15, 0.2) is 11.5 Å². The van der Waals surface area contributed by atoms with Crippen molar-refractivity contribution in [2.45, 2.75) is 6.42 Å². The molecule has 0 spiro atoms. The van der Waals surface area contributed by atoms with Crippen LogP contribution >= 0.6 is 11.6 Å². The molecular weight excluding hydrogens is 210 g/mol. The van der Waals surface area contributed by atoms with Gasteiger partial charge in [0.2, 0.25) is 11.7 Å². The third kappa shape index (κ3) is 1.53. The third-order valence-corrected chi connectivity index (χ3v) is 1.69. The molecule has 7 nitrogen and oxygen atoms in total.